The summed E-state index contributed by atoms with van der Waals surface area (Å²) < 4.78 is 79.2. The standard InChI is InChI=1S/C16H14BrClF4N2O3S2/c17-10-2-1-9(11(19)7-10)8-24(12(15(23)25)5-6-16(20,21)22)29(26,27)14-4-3-13(18)28-14/h1-4,7,12H,5-6,8H2,(H2,23,25)/t12-/m1/s1. The molecule has 0 aliphatic carbocycles. The van der Waals surface area contributed by atoms with E-state index in [-0.39, 0.29) is 14.1 Å². The van der Waals surface area contributed by atoms with Crippen molar-refractivity contribution in [2.24, 2.45) is 5.73 Å². The van der Waals surface area contributed by atoms with Crippen LogP contribution in [0.25, 0.3) is 0 Å². The topological polar surface area (TPSA) is 80.5 Å². The Labute approximate surface area is 181 Å². The molecule has 0 aliphatic heterocycles. The minimum Gasteiger partial charge on any atom is -0.368 e. The zero-order chi connectivity index (χ0) is 22.0. The maximum Gasteiger partial charge on any atom is 0.389 e. The van der Waals surface area contributed by atoms with Crippen molar-refractivity contribution in [3.05, 3.63) is 50.5 Å². The van der Waals surface area contributed by atoms with Crippen LogP contribution in [-0.2, 0) is 21.4 Å². The number of sulfonamides is 1. The third kappa shape index (κ3) is 6.38. The van der Waals surface area contributed by atoms with E-state index in [1.165, 1.54) is 18.2 Å². The van der Waals surface area contributed by atoms with E-state index in [4.69, 9.17) is 17.3 Å². The highest BCUT2D eigenvalue weighted by atomic mass is 79.9. The summed E-state index contributed by atoms with van der Waals surface area (Å²) in [6.45, 7) is -0.692. The molecule has 0 spiro atoms. The summed E-state index contributed by atoms with van der Waals surface area (Å²) >= 11 is 9.48. The number of nitrogens with two attached hydrogens (primary N) is 1. The van der Waals surface area contributed by atoms with Gasteiger partial charge in [0.25, 0.3) is 10.0 Å². The van der Waals surface area contributed by atoms with Crippen LogP contribution in [0.5, 0.6) is 0 Å². The van der Waals surface area contributed by atoms with E-state index in [1.54, 1.807) is 0 Å². The molecule has 1 heterocycles. The number of hydrogen-bond donors (Lipinski definition) is 1. The van der Waals surface area contributed by atoms with Crippen LogP contribution in [0.15, 0.2) is 39.0 Å². The summed E-state index contributed by atoms with van der Waals surface area (Å²) in [6, 6.07) is 4.34. The number of hydrogen-bond acceptors (Lipinski definition) is 4. The second-order valence-corrected chi connectivity index (χ2v) is 10.7. The number of primary amides is 1. The monoisotopic (exact) mass is 536 g/mol. The average molecular weight is 538 g/mol. The van der Waals surface area contributed by atoms with Gasteiger partial charge < -0.3 is 5.73 Å². The third-order valence-electron chi connectivity index (χ3n) is 3.83. The Morgan fingerprint density at radius 1 is 1.28 bits per heavy atom. The summed E-state index contributed by atoms with van der Waals surface area (Å²) in [5.74, 6) is -2.08. The first kappa shape index (κ1) is 24.1. The van der Waals surface area contributed by atoms with Crippen LogP contribution in [-0.4, -0.2) is 30.8 Å². The lowest BCUT2D eigenvalue weighted by Gasteiger charge is -2.29. The van der Waals surface area contributed by atoms with Gasteiger partial charge in [-0.25, -0.2) is 12.8 Å². The number of halogens is 6. The van der Waals surface area contributed by atoms with Crippen LogP contribution < -0.4 is 5.73 Å². The average Bonchev–Trinajstić information content (AvgIpc) is 3.01. The molecule has 0 fully saturated rings. The normalized spacial score (nSPS) is 13.6. The maximum absolute atomic E-state index is 14.3. The highest BCUT2D eigenvalue weighted by Gasteiger charge is 2.39. The summed E-state index contributed by atoms with van der Waals surface area (Å²) in [6.07, 6.45) is -6.99. The Hall–Kier alpha value is -1.21. The molecule has 1 aromatic heterocycles. The van der Waals surface area contributed by atoms with Crippen LogP contribution in [0.4, 0.5) is 17.6 Å². The first-order chi connectivity index (χ1) is 13.3. The summed E-state index contributed by atoms with van der Waals surface area (Å²) in [4.78, 5) is 11.9. The Balaban J connectivity index is 2.52. The molecule has 29 heavy (non-hydrogen) atoms. The zero-order valence-corrected chi connectivity index (χ0v) is 18.4. The van der Waals surface area contributed by atoms with Crippen LogP contribution in [0.1, 0.15) is 18.4 Å². The molecule has 13 heteroatoms. The van der Waals surface area contributed by atoms with Gasteiger partial charge in [-0.1, -0.05) is 33.6 Å². The SMILES string of the molecule is NC(=O)[C@@H](CCC(F)(F)F)N(Cc1ccc(Br)cc1F)S(=O)(=O)c1ccc(Cl)s1. The van der Waals surface area contributed by atoms with Crippen molar-refractivity contribution < 1.29 is 30.8 Å². The molecule has 2 aromatic rings. The van der Waals surface area contributed by atoms with E-state index in [0.717, 1.165) is 12.1 Å². The molecule has 0 saturated heterocycles. The van der Waals surface area contributed by atoms with Gasteiger partial charge in [-0.3, -0.25) is 4.79 Å². The molecule has 5 nitrogen and oxygen atoms in total. The largest absolute Gasteiger partial charge is 0.389 e. The third-order valence-corrected chi connectivity index (χ3v) is 7.88. The molecule has 0 saturated carbocycles. The highest BCUT2D eigenvalue weighted by Crippen LogP contribution is 2.32. The summed E-state index contributed by atoms with van der Waals surface area (Å²) in [5, 5.41) is 0. The first-order valence-electron chi connectivity index (χ1n) is 7.88. The van der Waals surface area contributed by atoms with Gasteiger partial charge in [0, 0.05) is 23.0 Å². The molecule has 0 unspecified atom stereocenters. The number of carbonyl (C=O) groups excluding carboxylic acids is 1. The Kier molecular flexibility index (Phi) is 7.71. The number of rotatable bonds is 8. The number of carbonyl (C=O) groups is 1. The molecule has 2 rings (SSSR count). The van der Waals surface area contributed by atoms with Crippen molar-refractivity contribution in [1.82, 2.24) is 4.31 Å². The fourth-order valence-corrected chi connectivity index (χ4v) is 6.01. The van der Waals surface area contributed by atoms with Crippen molar-refractivity contribution in [2.45, 2.75) is 35.8 Å². The van der Waals surface area contributed by atoms with Gasteiger partial charge in [-0.15, -0.1) is 11.3 Å². The van der Waals surface area contributed by atoms with Gasteiger partial charge in [0.2, 0.25) is 5.91 Å². The lowest BCUT2D eigenvalue weighted by atomic mass is 10.1. The molecule has 160 valence electrons. The predicted octanol–water partition coefficient (Wildman–Crippen LogP) is 4.69. The number of benzene rings is 1. The minimum atomic E-state index is -4.64. The molecular formula is C16H14BrClF4N2O3S2. The highest BCUT2D eigenvalue weighted by molar-refractivity contribution is 9.10. The van der Waals surface area contributed by atoms with Crippen molar-refractivity contribution in [3.8, 4) is 0 Å². The number of thiophene rings is 1. The lowest BCUT2D eigenvalue weighted by molar-refractivity contribution is -0.140. The second kappa shape index (κ2) is 9.29. The Bertz CT molecular complexity index is 998. The molecule has 0 bridgehead atoms. The molecular weight excluding hydrogens is 524 g/mol. The maximum atomic E-state index is 14.3. The zero-order valence-electron chi connectivity index (χ0n) is 14.4. The van der Waals surface area contributed by atoms with Crippen molar-refractivity contribution in [2.75, 3.05) is 0 Å². The van der Waals surface area contributed by atoms with E-state index in [2.05, 4.69) is 15.9 Å². The molecule has 1 aromatic carbocycles. The number of nitrogens with zero attached hydrogens (tertiary/aromatic N) is 1. The molecule has 1 atom stereocenters. The van der Waals surface area contributed by atoms with E-state index < -0.39 is 53.4 Å². The smallest absolute Gasteiger partial charge is 0.368 e. The number of alkyl halides is 3. The first-order valence-corrected chi connectivity index (χ1v) is 11.3. The van der Waals surface area contributed by atoms with Crippen molar-refractivity contribution >= 4 is 54.8 Å². The quantitative estimate of drug-likeness (QED) is 0.496. The summed E-state index contributed by atoms with van der Waals surface area (Å²) in [7, 11) is -4.50. The molecule has 1 amide bonds. The van der Waals surface area contributed by atoms with E-state index >= 15 is 0 Å². The lowest BCUT2D eigenvalue weighted by Crippen LogP contribution is -2.47. The van der Waals surface area contributed by atoms with E-state index in [1.807, 2.05) is 0 Å². The van der Waals surface area contributed by atoms with Crippen LogP contribution in [0, 0.1) is 5.82 Å². The van der Waals surface area contributed by atoms with Crippen molar-refractivity contribution in [3.63, 3.8) is 0 Å². The van der Waals surface area contributed by atoms with Crippen LogP contribution >= 0.6 is 38.9 Å². The fourth-order valence-electron chi connectivity index (χ4n) is 2.46. The van der Waals surface area contributed by atoms with Gasteiger partial charge in [-0.2, -0.15) is 17.5 Å². The second-order valence-electron chi connectivity index (χ2n) is 5.92. The van der Waals surface area contributed by atoms with Crippen LogP contribution in [0.3, 0.4) is 0 Å². The summed E-state index contributed by atoms with van der Waals surface area (Å²) in [5.41, 5.74) is 5.09. The molecule has 0 radical (unpaired) electrons. The molecule has 0 aliphatic rings. The fraction of sp³-hybridized carbons (Fsp3) is 0.312. The molecule has 2 N–H and O–H groups in total. The van der Waals surface area contributed by atoms with Gasteiger partial charge >= 0.3 is 6.18 Å². The van der Waals surface area contributed by atoms with Gasteiger partial charge in [-0.05, 0) is 30.7 Å². The van der Waals surface area contributed by atoms with Crippen LogP contribution in [0.2, 0.25) is 4.34 Å². The van der Waals surface area contributed by atoms with Gasteiger partial charge in [0.1, 0.15) is 16.1 Å². The van der Waals surface area contributed by atoms with E-state index in [0.29, 0.717) is 20.1 Å². The van der Waals surface area contributed by atoms with Gasteiger partial charge in [0.15, 0.2) is 0 Å². The predicted molar refractivity (Wildman–Crippen MR) is 104 cm³/mol. The minimum absolute atomic E-state index is 0.115. The van der Waals surface area contributed by atoms with Gasteiger partial charge in [0.05, 0.1) is 4.34 Å². The van der Waals surface area contributed by atoms with E-state index in [9.17, 15) is 30.8 Å². The van der Waals surface area contributed by atoms with Crippen molar-refractivity contribution in [1.29, 1.82) is 0 Å². The Morgan fingerprint density at radius 3 is 2.41 bits per heavy atom. The Morgan fingerprint density at radius 2 is 1.93 bits per heavy atom. The number of amides is 1.